The number of halogens is 3. The largest absolute Gasteiger partial charge is 0.492 e. The number of aryl methyl sites for hydroxylation is 1. The SMILES string of the molecule is Cc1ccc(OC2CCCN(C(=O)Cn3cc(NC(=O)CCOc4ccccc4C(F)(F)F)cn3)C2)cc1. The van der Waals surface area contributed by atoms with Crippen LogP contribution in [0.2, 0.25) is 0 Å². The van der Waals surface area contributed by atoms with Crippen molar-refractivity contribution in [2.24, 2.45) is 0 Å². The van der Waals surface area contributed by atoms with Crippen molar-refractivity contribution in [3.05, 3.63) is 72.1 Å². The van der Waals surface area contributed by atoms with E-state index in [0.29, 0.717) is 18.8 Å². The first-order valence-corrected chi connectivity index (χ1v) is 12.3. The lowest BCUT2D eigenvalue weighted by Crippen LogP contribution is -2.45. The first-order chi connectivity index (χ1) is 18.2. The first kappa shape index (κ1) is 27.0. The topological polar surface area (TPSA) is 85.7 Å². The number of hydrogen-bond acceptors (Lipinski definition) is 5. The summed E-state index contributed by atoms with van der Waals surface area (Å²) in [5.74, 6) is -0.118. The summed E-state index contributed by atoms with van der Waals surface area (Å²) in [4.78, 5) is 26.8. The van der Waals surface area contributed by atoms with Crippen molar-refractivity contribution in [1.82, 2.24) is 14.7 Å². The van der Waals surface area contributed by atoms with Gasteiger partial charge in [-0.25, -0.2) is 0 Å². The number of hydrogen-bond donors (Lipinski definition) is 1. The molecule has 1 aromatic heterocycles. The number of para-hydroxylation sites is 1. The predicted octanol–water partition coefficient (Wildman–Crippen LogP) is 4.69. The zero-order valence-corrected chi connectivity index (χ0v) is 20.9. The zero-order valence-electron chi connectivity index (χ0n) is 20.9. The van der Waals surface area contributed by atoms with E-state index < -0.39 is 17.6 Å². The van der Waals surface area contributed by atoms with Crippen LogP contribution in [-0.2, 0) is 22.3 Å². The average molecular weight is 531 g/mol. The minimum Gasteiger partial charge on any atom is -0.492 e. The predicted molar refractivity (Wildman–Crippen MR) is 134 cm³/mol. The van der Waals surface area contributed by atoms with Gasteiger partial charge in [0, 0.05) is 12.7 Å². The number of likely N-dealkylation sites (tertiary alicyclic amines) is 1. The average Bonchev–Trinajstić information content (AvgIpc) is 3.31. The standard InChI is InChI=1S/C27H29F3N4O4/c1-19-8-10-21(11-9-19)38-22-5-4-13-33(17-22)26(36)18-34-16-20(15-31-34)32-25(35)12-14-37-24-7-3-2-6-23(24)27(28,29)30/h2-3,6-11,15-16,22H,4-5,12-14,17-18H2,1H3,(H,32,35). The molecule has 1 unspecified atom stereocenters. The molecule has 1 saturated heterocycles. The van der Waals surface area contributed by atoms with Gasteiger partial charge in [-0.1, -0.05) is 29.8 Å². The molecule has 1 aliphatic heterocycles. The van der Waals surface area contributed by atoms with Crippen LogP contribution in [0.25, 0.3) is 0 Å². The Morgan fingerprint density at radius 1 is 1.13 bits per heavy atom. The zero-order chi connectivity index (χ0) is 27.1. The molecule has 2 aromatic carbocycles. The Labute approximate surface area is 218 Å². The summed E-state index contributed by atoms with van der Waals surface area (Å²) in [7, 11) is 0. The molecule has 0 bridgehead atoms. The number of aromatic nitrogens is 2. The molecule has 0 saturated carbocycles. The number of nitrogens with one attached hydrogen (secondary N) is 1. The molecule has 0 aliphatic carbocycles. The van der Waals surface area contributed by atoms with E-state index in [0.717, 1.165) is 30.2 Å². The maximum Gasteiger partial charge on any atom is 0.419 e. The van der Waals surface area contributed by atoms with Gasteiger partial charge in [0.1, 0.15) is 24.1 Å². The van der Waals surface area contributed by atoms with Crippen LogP contribution in [0, 0.1) is 6.92 Å². The lowest BCUT2D eigenvalue weighted by Gasteiger charge is -2.33. The minimum atomic E-state index is -4.55. The second-order valence-corrected chi connectivity index (χ2v) is 9.10. The van der Waals surface area contributed by atoms with Crippen LogP contribution >= 0.6 is 0 Å². The van der Waals surface area contributed by atoms with Crippen molar-refractivity contribution >= 4 is 17.5 Å². The van der Waals surface area contributed by atoms with Crippen molar-refractivity contribution in [3.8, 4) is 11.5 Å². The van der Waals surface area contributed by atoms with Gasteiger partial charge >= 0.3 is 6.18 Å². The maximum absolute atomic E-state index is 13.1. The molecule has 2 amide bonds. The van der Waals surface area contributed by atoms with Crippen LogP contribution in [-0.4, -0.2) is 52.3 Å². The molecule has 1 fully saturated rings. The highest BCUT2D eigenvalue weighted by Crippen LogP contribution is 2.35. The molecular weight excluding hydrogens is 501 g/mol. The fraction of sp³-hybridized carbons (Fsp3) is 0.370. The quantitative estimate of drug-likeness (QED) is 0.434. The number of ether oxygens (including phenoxy) is 2. The summed E-state index contributed by atoms with van der Waals surface area (Å²) in [6, 6.07) is 12.6. The third kappa shape index (κ3) is 7.50. The molecule has 1 aliphatic rings. The van der Waals surface area contributed by atoms with Gasteiger partial charge in [-0.3, -0.25) is 14.3 Å². The van der Waals surface area contributed by atoms with Crippen molar-refractivity contribution in [2.45, 2.75) is 45.0 Å². The summed E-state index contributed by atoms with van der Waals surface area (Å²) >= 11 is 0. The van der Waals surface area contributed by atoms with E-state index in [1.54, 1.807) is 4.90 Å². The number of amides is 2. The van der Waals surface area contributed by atoms with Crippen molar-refractivity contribution in [2.75, 3.05) is 25.0 Å². The van der Waals surface area contributed by atoms with E-state index in [-0.39, 0.29) is 37.3 Å². The normalized spacial score (nSPS) is 15.7. The summed E-state index contributed by atoms with van der Waals surface area (Å²) in [5, 5.41) is 6.75. The second-order valence-electron chi connectivity index (χ2n) is 9.10. The molecule has 202 valence electrons. The van der Waals surface area contributed by atoms with Crippen LogP contribution in [0.5, 0.6) is 11.5 Å². The smallest absolute Gasteiger partial charge is 0.419 e. The van der Waals surface area contributed by atoms with Crippen LogP contribution in [0.1, 0.15) is 30.4 Å². The Hall–Kier alpha value is -4.02. The van der Waals surface area contributed by atoms with E-state index in [1.807, 2.05) is 31.2 Å². The lowest BCUT2D eigenvalue weighted by molar-refractivity contribution is -0.139. The third-order valence-electron chi connectivity index (χ3n) is 6.05. The van der Waals surface area contributed by atoms with E-state index >= 15 is 0 Å². The molecule has 2 heterocycles. The number of alkyl halides is 3. The Kier molecular flexibility index (Phi) is 8.55. The number of carbonyl (C=O) groups is 2. The number of carbonyl (C=O) groups excluding carboxylic acids is 2. The molecular formula is C27H29F3N4O4. The van der Waals surface area contributed by atoms with Gasteiger partial charge < -0.3 is 19.7 Å². The maximum atomic E-state index is 13.1. The van der Waals surface area contributed by atoms with E-state index in [2.05, 4.69) is 10.4 Å². The van der Waals surface area contributed by atoms with Crippen LogP contribution < -0.4 is 14.8 Å². The molecule has 11 heteroatoms. The number of nitrogens with zero attached hydrogens (tertiary/aromatic N) is 3. The number of benzene rings is 2. The Morgan fingerprint density at radius 3 is 2.66 bits per heavy atom. The van der Waals surface area contributed by atoms with Crippen LogP contribution in [0.15, 0.2) is 60.9 Å². The summed E-state index contributed by atoms with van der Waals surface area (Å²) in [6.07, 6.45) is -0.169. The van der Waals surface area contributed by atoms with E-state index in [9.17, 15) is 22.8 Å². The van der Waals surface area contributed by atoms with E-state index in [4.69, 9.17) is 9.47 Å². The van der Waals surface area contributed by atoms with Crippen molar-refractivity contribution in [3.63, 3.8) is 0 Å². The molecule has 0 radical (unpaired) electrons. The summed E-state index contributed by atoms with van der Waals surface area (Å²) in [5.41, 5.74) is 0.624. The Balaban J connectivity index is 1.22. The third-order valence-corrected chi connectivity index (χ3v) is 6.05. The van der Waals surface area contributed by atoms with Gasteiger partial charge in [0.15, 0.2) is 0 Å². The highest BCUT2D eigenvalue weighted by molar-refractivity contribution is 5.90. The summed E-state index contributed by atoms with van der Waals surface area (Å²) < 4.78 is 51.8. The van der Waals surface area contributed by atoms with Gasteiger partial charge in [-0.15, -0.1) is 0 Å². The molecule has 8 nitrogen and oxygen atoms in total. The molecule has 38 heavy (non-hydrogen) atoms. The van der Waals surface area contributed by atoms with Gasteiger partial charge in [0.05, 0.1) is 37.0 Å². The van der Waals surface area contributed by atoms with Crippen molar-refractivity contribution < 1.29 is 32.2 Å². The molecule has 1 N–H and O–H groups in total. The molecule has 3 aromatic rings. The molecule has 4 rings (SSSR count). The highest BCUT2D eigenvalue weighted by Gasteiger charge is 2.34. The monoisotopic (exact) mass is 530 g/mol. The lowest BCUT2D eigenvalue weighted by atomic mass is 10.1. The second kappa shape index (κ2) is 12.0. The van der Waals surface area contributed by atoms with E-state index in [1.165, 1.54) is 35.3 Å². The number of anilines is 1. The van der Waals surface area contributed by atoms with Gasteiger partial charge in [0.2, 0.25) is 11.8 Å². The first-order valence-electron chi connectivity index (χ1n) is 12.3. The fourth-order valence-corrected chi connectivity index (χ4v) is 4.13. The van der Waals surface area contributed by atoms with Crippen LogP contribution in [0.4, 0.5) is 18.9 Å². The highest BCUT2D eigenvalue weighted by atomic mass is 19.4. The van der Waals surface area contributed by atoms with Gasteiger partial charge in [-0.05, 0) is 44.0 Å². The number of piperidine rings is 1. The Bertz CT molecular complexity index is 1240. The number of rotatable bonds is 9. The van der Waals surface area contributed by atoms with Gasteiger partial charge in [0.25, 0.3) is 0 Å². The van der Waals surface area contributed by atoms with Crippen LogP contribution in [0.3, 0.4) is 0 Å². The summed E-state index contributed by atoms with van der Waals surface area (Å²) in [6.45, 7) is 2.90. The van der Waals surface area contributed by atoms with Crippen molar-refractivity contribution in [1.29, 1.82) is 0 Å². The fourth-order valence-electron chi connectivity index (χ4n) is 4.13. The molecule has 0 spiro atoms. The minimum absolute atomic E-state index is 0.00442. The van der Waals surface area contributed by atoms with Gasteiger partial charge in [-0.2, -0.15) is 18.3 Å². The Morgan fingerprint density at radius 2 is 1.89 bits per heavy atom. The molecule has 1 atom stereocenters.